The van der Waals surface area contributed by atoms with Crippen LogP contribution in [0.1, 0.15) is 0 Å². The summed E-state index contributed by atoms with van der Waals surface area (Å²) in [5.41, 5.74) is 0. The highest BCUT2D eigenvalue weighted by Crippen LogP contribution is 2.40. The van der Waals surface area contributed by atoms with E-state index in [4.69, 9.17) is 6.42 Å². The van der Waals surface area contributed by atoms with E-state index in [9.17, 15) is 8.42 Å². The van der Waals surface area contributed by atoms with Crippen LogP contribution in [-0.2, 0) is 7.90 Å². The van der Waals surface area contributed by atoms with Gasteiger partial charge in [0.1, 0.15) is 0 Å². The largest absolute Gasteiger partial charge is 0.262 e. The van der Waals surface area contributed by atoms with Crippen molar-refractivity contribution in [3.63, 3.8) is 0 Å². The van der Waals surface area contributed by atoms with Crippen LogP contribution < -0.4 is 0 Å². The van der Waals surface area contributed by atoms with Crippen molar-refractivity contribution < 1.29 is 8.42 Å². The van der Waals surface area contributed by atoms with E-state index in [0.717, 1.165) is 21.6 Å². The molecule has 0 spiro atoms. The summed E-state index contributed by atoms with van der Waals surface area (Å²) in [6, 6.07) is 0. The average Bonchev–Trinajstić information content (AvgIpc) is 2.10. The van der Waals surface area contributed by atoms with Gasteiger partial charge in [-0.1, -0.05) is 5.92 Å². The molecule has 0 atom stereocenters. The van der Waals surface area contributed by atoms with Crippen LogP contribution in [0, 0.1) is 12.3 Å². The lowest BCUT2D eigenvalue weighted by molar-refractivity contribution is 0.623. The Labute approximate surface area is 60.8 Å². The van der Waals surface area contributed by atoms with Gasteiger partial charge < -0.3 is 0 Å². The smallest absolute Gasteiger partial charge is 0.205 e. The predicted octanol–water partition coefficient (Wildman–Crippen LogP) is 1.19. The first-order chi connectivity index (χ1) is 4.14. The van der Waals surface area contributed by atoms with E-state index < -0.39 is 7.90 Å². The van der Waals surface area contributed by atoms with E-state index in [0.29, 0.717) is 4.91 Å². The molecule has 0 aliphatic carbocycles. The highest BCUT2D eigenvalue weighted by atomic mass is 33.5. The zero-order valence-electron chi connectivity index (χ0n) is 4.20. The number of hydrogen-bond acceptors (Lipinski definition) is 4. The molecule has 0 unspecified atom stereocenters. The maximum atomic E-state index is 10.6. The summed E-state index contributed by atoms with van der Waals surface area (Å²) in [7, 11) is -1.52. The van der Waals surface area contributed by atoms with Crippen LogP contribution in [0.3, 0.4) is 0 Å². The van der Waals surface area contributed by atoms with Crippen LogP contribution in [0.15, 0.2) is 10.3 Å². The second-order valence-corrected chi connectivity index (χ2v) is 7.41. The van der Waals surface area contributed by atoms with Gasteiger partial charge in [-0.05, 0) is 0 Å². The summed E-state index contributed by atoms with van der Waals surface area (Å²) >= 11 is 0. The Kier molecular flexibility index (Phi) is 1.80. The maximum absolute atomic E-state index is 10.6. The van der Waals surface area contributed by atoms with E-state index in [2.05, 4.69) is 5.92 Å². The van der Waals surface area contributed by atoms with E-state index in [1.807, 2.05) is 0 Å². The molecule has 0 saturated heterocycles. The molecule has 0 fully saturated rings. The van der Waals surface area contributed by atoms with Gasteiger partial charge >= 0.3 is 0 Å². The first-order valence-corrected chi connectivity index (χ1v) is 6.15. The fraction of sp³-hybridized carbons (Fsp3) is 0. The Hall–Kier alpha value is -0.0500. The standard InChI is InChI=1S/C4H2O2S3/c1-2-4-3-7-9(5,6)8-4/h1,3H. The molecule has 48 valence electrons. The normalized spacial score (nSPS) is 22.8. The van der Waals surface area contributed by atoms with E-state index in [-0.39, 0.29) is 0 Å². The SMILES string of the molecule is C#CC1=CSS(=O)(=O)S1. The molecular formula is C4H2O2S3. The molecule has 1 rings (SSSR count). The van der Waals surface area contributed by atoms with Crippen LogP contribution in [0.4, 0.5) is 0 Å². The van der Waals surface area contributed by atoms with Gasteiger partial charge in [0.25, 0.3) is 7.90 Å². The third-order valence-corrected chi connectivity index (χ3v) is 5.41. The third-order valence-electron chi connectivity index (χ3n) is 0.607. The van der Waals surface area contributed by atoms with Gasteiger partial charge in [0.05, 0.1) is 4.91 Å². The Bertz CT molecular complexity index is 279. The van der Waals surface area contributed by atoms with Crippen LogP contribution in [-0.4, -0.2) is 8.42 Å². The van der Waals surface area contributed by atoms with E-state index in [1.165, 1.54) is 5.41 Å². The molecule has 1 heterocycles. The first kappa shape index (κ1) is 7.06. The molecule has 9 heavy (non-hydrogen) atoms. The molecule has 2 nitrogen and oxygen atoms in total. The van der Waals surface area contributed by atoms with Crippen LogP contribution in [0.5, 0.6) is 0 Å². The Morgan fingerprint density at radius 1 is 1.67 bits per heavy atom. The minimum atomic E-state index is -3.01. The third kappa shape index (κ3) is 1.68. The average molecular weight is 178 g/mol. The van der Waals surface area contributed by atoms with Crippen LogP contribution in [0.2, 0.25) is 0 Å². The van der Waals surface area contributed by atoms with Gasteiger partial charge in [-0.3, -0.25) is 0 Å². The lowest BCUT2D eigenvalue weighted by Gasteiger charge is -1.83. The molecule has 0 aromatic rings. The predicted molar refractivity (Wildman–Crippen MR) is 41.0 cm³/mol. The second kappa shape index (κ2) is 2.29. The van der Waals surface area contributed by atoms with Crippen molar-refractivity contribution in [2.75, 3.05) is 0 Å². The van der Waals surface area contributed by atoms with Gasteiger partial charge in [0, 0.05) is 27.0 Å². The highest BCUT2D eigenvalue weighted by molar-refractivity contribution is 9.07. The van der Waals surface area contributed by atoms with Crippen LogP contribution >= 0.6 is 21.6 Å². The van der Waals surface area contributed by atoms with Crippen molar-refractivity contribution in [1.82, 2.24) is 0 Å². The molecule has 1 aliphatic heterocycles. The summed E-state index contributed by atoms with van der Waals surface area (Å²) in [5, 5.41) is 1.46. The fourth-order valence-electron chi connectivity index (χ4n) is 0.310. The van der Waals surface area contributed by atoms with Crippen molar-refractivity contribution in [3.05, 3.63) is 10.3 Å². The Balaban J connectivity index is 2.87. The zero-order chi connectivity index (χ0) is 6.91. The summed E-state index contributed by atoms with van der Waals surface area (Å²) in [6.45, 7) is 0. The minimum absolute atomic E-state index is 0.472. The number of terminal acetylenes is 1. The monoisotopic (exact) mass is 178 g/mol. The number of allylic oxidation sites excluding steroid dienone is 1. The van der Waals surface area contributed by atoms with Gasteiger partial charge in [-0.15, -0.1) is 6.42 Å². The second-order valence-electron chi connectivity index (χ2n) is 1.21. The van der Waals surface area contributed by atoms with Crippen molar-refractivity contribution in [2.45, 2.75) is 0 Å². The molecule has 0 saturated carbocycles. The molecule has 0 amide bonds. The summed E-state index contributed by atoms with van der Waals surface area (Å²) in [4.78, 5) is 0.472. The Morgan fingerprint density at radius 2 is 2.33 bits per heavy atom. The quantitative estimate of drug-likeness (QED) is 0.412. The molecular weight excluding hydrogens is 176 g/mol. The first-order valence-electron chi connectivity index (χ1n) is 1.93. The van der Waals surface area contributed by atoms with E-state index >= 15 is 0 Å². The topological polar surface area (TPSA) is 34.1 Å². The number of hydrogen-bond donors (Lipinski definition) is 0. The van der Waals surface area contributed by atoms with E-state index in [1.54, 1.807) is 0 Å². The summed E-state index contributed by atoms with van der Waals surface area (Å²) < 4.78 is 21.2. The van der Waals surface area contributed by atoms with Crippen molar-refractivity contribution >= 4 is 29.5 Å². The maximum Gasteiger partial charge on any atom is 0.262 e. The van der Waals surface area contributed by atoms with Gasteiger partial charge in [0.15, 0.2) is 0 Å². The number of rotatable bonds is 0. The van der Waals surface area contributed by atoms with Gasteiger partial charge in [-0.25, -0.2) is 8.42 Å². The van der Waals surface area contributed by atoms with Crippen molar-refractivity contribution in [3.8, 4) is 12.3 Å². The molecule has 0 radical (unpaired) electrons. The Morgan fingerprint density at radius 3 is 2.56 bits per heavy atom. The zero-order valence-corrected chi connectivity index (χ0v) is 6.65. The van der Waals surface area contributed by atoms with Crippen LogP contribution in [0.25, 0.3) is 0 Å². The van der Waals surface area contributed by atoms with Gasteiger partial charge in [-0.2, -0.15) is 0 Å². The van der Waals surface area contributed by atoms with Crippen molar-refractivity contribution in [2.24, 2.45) is 0 Å². The molecule has 0 aromatic heterocycles. The molecule has 0 aromatic carbocycles. The molecule has 1 aliphatic rings. The lowest BCUT2D eigenvalue weighted by Crippen LogP contribution is -1.75. The van der Waals surface area contributed by atoms with Crippen molar-refractivity contribution in [1.29, 1.82) is 0 Å². The molecule has 0 N–H and O–H groups in total. The minimum Gasteiger partial charge on any atom is -0.205 e. The fourth-order valence-corrected chi connectivity index (χ4v) is 4.66. The molecule has 0 bridgehead atoms. The summed E-state index contributed by atoms with van der Waals surface area (Å²) in [6.07, 6.45) is 4.94. The molecule has 5 heteroatoms. The highest BCUT2D eigenvalue weighted by Gasteiger charge is 2.20. The summed E-state index contributed by atoms with van der Waals surface area (Å²) in [5.74, 6) is 2.24. The van der Waals surface area contributed by atoms with Gasteiger partial charge in [0.2, 0.25) is 0 Å². The lowest BCUT2D eigenvalue weighted by atomic mass is 10.7.